The van der Waals surface area contributed by atoms with Crippen molar-refractivity contribution in [2.24, 2.45) is 0 Å². The molecule has 1 aliphatic heterocycles. The predicted molar refractivity (Wildman–Crippen MR) is 135 cm³/mol. The molecule has 4 rings (SSSR count). The number of carbonyl (C=O) groups excluding carboxylic acids is 1. The third-order valence-electron chi connectivity index (χ3n) is 6.49. The van der Waals surface area contributed by atoms with Crippen molar-refractivity contribution in [1.29, 1.82) is 0 Å². The Hall–Kier alpha value is -3.16. The van der Waals surface area contributed by atoms with E-state index < -0.39 is 15.1 Å². The van der Waals surface area contributed by atoms with Gasteiger partial charge in [-0.05, 0) is 66.9 Å². The van der Waals surface area contributed by atoms with E-state index in [1.165, 1.54) is 11.1 Å². The lowest BCUT2D eigenvalue weighted by atomic mass is 10.0. The fraction of sp³-hybridized carbons (Fsp3) is 0.296. The van der Waals surface area contributed by atoms with Crippen LogP contribution >= 0.6 is 0 Å². The molecule has 0 saturated heterocycles. The van der Waals surface area contributed by atoms with Gasteiger partial charge in [0, 0.05) is 18.8 Å². The van der Waals surface area contributed by atoms with Crippen molar-refractivity contribution in [3.8, 4) is 0 Å². The Balaban J connectivity index is 1.42. The summed E-state index contributed by atoms with van der Waals surface area (Å²) in [7, 11) is -3.57. The molecule has 0 aromatic heterocycles. The maximum atomic E-state index is 13.3. The molecule has 178 valence electrons. The molecule has 0 saturated carbocycles. The van der Waals surface area contributed by atoms with Crippen molar-refractivity contribution in [2.45, 2.75) is 50.0 Å². The van der Waals surface area contributed by atoms with Gasteiger partial charge in [-0.2, -0.15) is 0 Å². The summed E-state index contributed by atoms with van der Waals surface area (Å²) in [6, 6.07) is 21.5. The topological polar surface area (TPSA) is 78.5 Å². The zero-order valence-corrected chi connectivity index (χ0v) is 20.6. The number of urea groups is 1. The number of fused-ring (bicyclic) bond motifs is 1. The van der Waals surface area contributed by atoms with Gasteiger partial charge in [-0.15, -0.1) is 0 Å². The van der Waals surface area contributed by atoms with E-state index in [4.69, 9.17) is 0 Å². The van der Waals surface area contributed by atoms with E-state index >= 15 is 0 Å². The summed E-state index contributed by atoms with van der Waals surface area (Å²) < 4.78 is 26.6. The van der Waals surface area contributed by atoms with Crippen LogP contribution in [0.15, 0.2) is 77.7 Å². The maximum absolute atomic E-state index is 13.3. The number of nitrogens with one attached hydrogen (secondary N) is 2. The van der Waals surface area contributed by atoms with Crippen molar-refractivity contribution < 1.29 is 13.2 Å². The second-order valence-corrected chi connectivity index (χ2v) is 11.0. The van der Waals surface area contributed by atoms with Crippen LogP contribution in [0.2, 0.25) is 0 Å². The minimum atomic E-state index is -3.57. The number of rotatable bonds is 7. The Labute approximate surface area is 201 Å². The van der Waals surface area contributed by atoms with E-state index in [1.807, 2.05) is 49.4 Å². The van der Waals surface area contributed by atoms with Crippen LogP contribution in [-0.2, 0) is 22.9 Å². The molecular formula is C27H31N3O3S. The first-order valence-electron chi connectivity index (χ1n) is 11.6. The molecule has 0 aliphatic carbocycles. The number of carbonyl (C=O) groups is 1. The standard InChI is InChI=1S/C27H31N3O3S/c1-4-30-17-23-11-10-22(16-24(23)18-30)20(3)34(32,33)26-14-12-25(13-15-26)29-27(31)28-19(2)21-8-6-5-7-9-21/h5-16,19-20H,4,17-18H2,1-3H3,(H2,28,29,31). The van der Waals surface area contributed by atoms with E-state index in [9.17, 15) is 13.2 Å². The smallest absolute Gasteiger partial charge is 0.319 e. The van der Waals surface area contributed by atoms with Crippen LogP contribution in [0.3, 0.4) is 0 Å². The highest BCUT2D eigenvalue weighted by Crippen LogP contribution is 2.32. The highest BCUT2D eigenvalue weighted by atomic mass is 32.2. The SMILES string of the molecule is CCN1Cc2ccc(C(C)S(=O)(=O)c3ccc(NC(=O)NC(C)c4ccccc4)cc3)cc2C1. The van der Waals surface area contributed by atoms with Gasteiger partial charge in [-0.3, -0.25) is 4.90 Å². The normalized spacial score (nSPS) is 15.4. The molecule has 1 heterocycles. The zero-order valence-electron chi connectivity index (χ0n) is 19.8. The van der Waals surface area contributed by atoms with Gasteiger partial charge in [0.15, 0.2) is 9.84 Å². The summed E-state index contributed by atoms with van der Waals surface area (Å²) in [6.07, 6.45) is 0. The van der Waals surface area contributed by atoms with Gasteiger partial charge in [0.25, 0.3) is 0 Å². The predicted octanol–water partition coefficient (Wildman–Crippen LogP) is 5.44. The quantitative estimate of drug-likeness (QED) is 0.475. The first kappa shape index (κ1) is 24.0. The molecule has 3 aromatic carbocycles. The molecule has 6 nitrogen and oxygen atoms in total. The lowest BCUT2D eigenvalue weighted by molar-refractivity contribution is 0.249. The Morgan fingerprint density at radius 3 is 2.26 bits per heavy atom. The van der Waals surface area contributed by atoms with Crippen LogP contribution in [0.4, 0.5) is 10.5 Å². The molecule has 3 aromatic rings. The Morgan fingerprint density at radius 2 is 1.59 bits per heavy atom. The lowest BCUT2D eigenvalue weighted by Crippen LogP contribution is -2.31. The Bertz CT molecular complexity index is 1260. The second-order valence-electron chi connectivity index (χ2n) is 8.77. The van der Waals surface area contributed by atoms with Crippen molar-refractivity contribution in [1.82, 2.24) is 10.2 Å². The molecule has 0 fully saturated rings. The molecular weight excluding hydrogens is 446 g/mol. The van der Waals surface area contributed by atoms with Crippen molar-refractivity contribution in [2.75, 3.05) is 11.9 Å². The van der Waals surface area contributed by atoms with E-state index in [0.29, 0.717) is 5.69 Å². The summed E-state index contributed by atoms with van der Waals surface area (Å²) in [6.45, 7) is 8.52. The van der Waals surface area contributed by atoms with E-state index in [-0.39, 0.29) is 17.0 Å². The molecule has 1 aliphatic rings. The Kier molecular flexibility index (Phi) is 7.05. The number of amides is 2. The van der Waals surface area contributed by atoms with Crippen LogP contribution in [0.25, 0.3) is 0 Å². The molecule has 2 N–H and O–H groups in total. The summed E-state index contributed by atoms with van der Waals surface area (Å²) >= 11 is 0. The van der Waals surface area contributed by atoms with Crippen LogP contribution in [0.5, 0.6) is 0 Å². The van der Waals surface area contributed by atoms with Crippen LogP contribution in [0.1, 0.15) is 54.3 Å². The summed E-state index contributed by atoms with van der Waals surface area (Å²) in [4.78, 5) is 14.9. The first-order chi connectivity index (χ1) is 16.3. The minimum Gasteiger partial charge on any atom is -0.331 e. The number of hydrogen-bond acceptors (Lipinski definition) is 4. The average molecular weight is 478 g/mol. The summed E-state index contributed by atoms with van der Waals surface area (Å²) in [5.41, 5.74) is 4.80. The molecule has 0 radical (unpaired) electrons. The molecule has 0 spiro atoms. The van der Waals surface area contributed by atoms with E-state index in [1.54, 1.807) is 31.2 Å². The van der Waals surface area contributed by atoms with Gasteiger partial charge in [0.2, 0.25) is 0 Å². The van der Waals surface area contributed by atoms with Gasteiger partial charge in [0.1, 0.15) is 0 Å². The maximum Gasteiger partial charge on any atom is 0.319 e. The number of benzene rings is 3. The van der Waals surface area contributed by atoms with Crippen LogP contribution in [-0.4, -0.2) is 25.9 Å². The molecule has 0 bridgehead atoms. The van der Waals surface area contributed by atoms with Gasteiger partial charge < -0.3 is 10.6 Å². The number of sulfone groups is 1. The van der Waals surface area contributed by atoms with Gasteiger partial charge in [-0.25, -0.2) is 13.2 Å². The Morgan fingerprint density at radius 1 is 0.912 bits per heavy atom. The molecule has 2 atom stereocenters. The minimum absolute atomic E-state index is 0.154. The fourth-order valence-electron chi connectivity index (χ4n) is 4.26. The third-order valence-corrected chi connectivity index (χ3v) is 8.62. The molecule has 2 amide bonds. The average Bonchev–Trinajstić information content (AvgIpc) is 3.27. The highest BCUT2D eigenvalue weighted by Gasteiger charge is 2.27. The van der Waals surface area contributed by atoms with Crippen LogP contribution < -0.4 is 10.6 Å². The largest absolute Gasteiger partial charge is 0.331 e. The highest BCUT2D eigenvalue weighted by molar-refractivity contribution is 7.91. The molecule has 34 heavy (non-hydrogen) atoms. The summed E-state index contributed by atoms with van der Waals surface area (Å²) in [5, 5.41) is 4.99. The number of anilines is 1. The van der Waals surface area contributed by atoms with Gasteiger partial charge >= 0.3 is 6.03 Å². The van der Waals surface area contributed by atoms with Crippen molar-refractivity contribution in [3.63, 3.8) is 0 Å². The number of hydrogen-bond donors (Lipinski definition) is 2. The lowest BCUT2D eigenvalue weighted by Gasteiger charge is -2.16. The van der Waals surface area contributed by atoms with Crippen LogP contribution in [0, 0.1) is 0 Å². The van der Waals surface area contributed by atoms with Crippen molar-refractivity contribution in [3.05, 3.63) is 95.1 Å². The zero-order chi connectivity index (χ0) is 24.3. The first-order valence-corrected chi connectivity index (χ1v) is 13.1. The number of nitrogens with zero attached hydrogens (tertiary/aromatic N) is 1. The van der Waals surface area contributed by atoms with E-state index in [2.05, 4.69) is 28.5 Å². The monoisotopic (exact) mass is 477 g/mol. The van der Waals surface area contributed by atoms with Gasteiger partial charge in [0.05, 0.1) is 16.2 Å². The van der Waals surface area contributed by atoms with Crippen molar-refractivity contribution >= 4 is 21.6 Å². The summed E-state index contributed by atoms with van der Waals surface area (Å²) in [5.74, 6) is 0. The fourth-order valence-corrected chi connectivity index (χ4v) is 5.69. The van der Waals surface area contributed by atoms with E-state index in [0.717, 1.165) is 30.8 Å². The molecule has 7 heteroatoms. The molecule has 2 unspecified atom stereocenters. The second kappa shape index (κ2) is 9.99. The van der Waals surface area contributed by atoms with Gasteiger partial charge in [-0.1, -0.05) is 55.5 Å². The third kappa shape index (κ3) is 5.16.